The molecule has 1 atom stereocenters. The molecule has 9 heteroatoms. The summed E-state index contributed by atoms with van der Waals surface area (Å²) in [7, 11) is -3.40. The van der Waals surface area contributed by atoms with Crippen LogP contribution in [-0.2, 0) is 16.6 Å². The van der Waals surface area contributed by atoms with E-state index in [9.17, 15) is 8.42 Å². The summed E-state index contributed by atoms with van der Waals surface area (Å²) in [4.78, 5) is 3.16. The number of aromatic amines is 1. The number of ether oxygens (including phenoxy) is 1. The van der Waals surface area contributed by atoms with E-state index in [1.807, 2.05) is 37.4 Å². The number of nitrogens with zero attached hydrogens (tertiary/aromatic N) is 3. The van der Waals surface area contributed by atoms with Gasteiger partial charge in [0, 0.05) is 24.3 Å². The summed E-state index contributed by atoms with van der Waals surface area (Å²) in [5.41, 5.74) is 0.971. The second-order valence-electron chi connectivity index (χ2n) is 8.04. The van der Waals surface area contributed by atoms with Crippen molar-refractivity contribution in [2.45, 2.75) is 58.5 Å². The van der Waals surface area contributed by atoms with Crippen LogP contribution in [0.4, 0.5) is 0 Å². The molecule has 162 valence electrons. The Kier molecular flexibility index (Phi) is 6.10. The van der Waals surface area contributed by atoms with Gasteiger partial charge in [-0.15, -0.1) is 5.10 Å². The van der Waals surface area contributed by atoms with E-state index in [1.165, 1.54) is 6.42 Å². The van der Waals surface area contributed by atoms with Gasteiger partial charge in [-0.25, -0.2) is 13.1 Å². The third-order valence-electron chi connectivity index (χ3n) is 5.72. The molecule has 2 N–H and O–H groups in total. The number of benzene rings is 1. The maximum absolute atomic E-state index is 12.7. The molecule has 2 aromatic heterocycles. The van der Waals surface area contributed by atoms with Crippen molar-refractivity contribution in [1.82, 2.24) is 24.5 Å². The number of hydrogen-bond donors (Lipinski definition) is 2. The summed E-state index contributed by atoms with van der Waals surface area (Å²) in [5, 5.41) is 9.48. The zero-order valence-corrected chi connectivity index (χ0v) is 18.3. The molecule has 0 aliphatic heterocycles. The molecule has 0 amide bonds. The van der Waals surface area contributed by atoms with Crippen LogP contribution >= 0.6 is 0 Å². The first-order valence-corrected chi connectivity index (χ1v) is 12.3. The monoisotopic (exact) mass is 431 g/mol. The standard InChI is InChI=1S/C21H29N5O3S/c1-3-26-20(15(2)25-30(27,28)14-16-7-5-4-6-8-16)23-24-21(26)29-18-10-9-17-11-12-22-19(17)13-18/h9-13,15-16,22,25H,3-8,14H2,1-2H3/t15-/m1/s1. The smallest absolute Gasteiger partial charge is 0.322 e. The van der Waals surface area contributed by atoms with Crippen molar-refractivity contribution in [3.05, 3.63) is 36.3 Å². The van der Waals surface area contributed by atoms with Crippen LogP contribution in [0.25, 0.3) is 10.9 Å². The molecule has 30 heavy (non-hydrogen) atoms. The molecule has 8 nitrogen and oxygen atoms in total. The number of hydrogen-bond acceptors (Lipinski definition) is 5. The SMILES string of the molecule is CCn1c(Oc2ccc3cc[nH]c3c2)nnc1[C@@H](C)NS(=O)(=O)CC1CCCCC1. The summed E-state index contributed by atoms with van der Waals surface area (Å²) in [6.45, 7) is 4.32. The lowest BCUT2D eigenvalue weighted by Gasteiger charge is -2.22. The van der Waals surface area contributed by atoms with Crippen LogP contribution in [0.3, 0.4) is 0 Å². The minimum absolute atomic E-state index is 0.178. The molecule has 1 aliphatic rings. The van der Waals surface area contributed by atoms with Crippen LogP contribution < -0.4 is 9.46 Å². The summed E-state index contributed by atoms with van der Waals surface area (Å²) in [6, 6.07) is 7.59. The molecule has 1 fully saturated rings. The van der Waals surface area contributed by atoms with E-state index in [0.717, 1.165) is 36.6 Å². The van der Waals surface area contributed by atoms with Gasteiger partial charge < -0.3 is 9.72 Å². The van der Waals surface area contributed by atoms with Crippen LogP contribution in [0.5, 0.6) is 11.8 Å². The average Bonchev–Trinajstić information content (AvgIpc) is 3.34. The lowest BCUT2D eigenvalue weighted by atomic mass is 9.91. The summed E-state index contributed by atoms with van der Waals surface area (Å²) >= 11 is 0. The van der Waals surface area contributed by atoms with Crippen LogP contribution in [0.2, 0.25) is 0 Å². The Morgan fingerprint density at radius 1 is 1.23 bits per heavy atom. The predicted molar refractivity (Wildman–Crippen MR) is 116 cm³/mol. The number of fused-ring (bicyclic) bond motifs is 1. The van der Waals surface area contributed by atoms with Gasteiger partial charge in [0.25, 0.3) is 0 Å². The molecule has 0 spiro atoms. The zero-order valence-electron chi connectivity index (χ0n) is 17.5. The van der Waals surface area contributed by atoms with Crippen molar-refractivity contribution in [3.8, 4) is 11.8 Å². The van der Waals surface area contributed by atoms with E-state index in [-0.39, 0.29) is 11.7 Å². The lowest BCUT2D eigenvalue weighted by Crippen LogP contribution is -2.33. The van der Waals surface area contributed by atoms with E-state index in [2.05, 4.69) is 19.9 Å². The first kappa shape index (κ1) is 20.9. The van der Waals surface area contributed by atoms with Gasteiger partial charge in [0.15, 0.2) is 5.82 Å². The third kappa shape index (κ3) is 4.67. The second-order valence-corrected chi connectivity index (χ2v) is 9.84. The minimum Gasteiger partial charge on any atom is -0.424 e. The van der Waals surface area contributed by atoms with E-state index in [0.29, 0.717) is 24.1 Å². The molecule has 3 aromatic rings. The molecule has 0 radical (unpaired) electrons. The number of nitrogens with one attached hydrogen (secondary N) is 2. The maximum atomic E-state index is 12.7. The first-order valence-electron chi connectivity index (χ1n) is 10.6. The van der Waals surface area contributed by atoms with Crippen molar-refractivity contribution < 1.29 is 13.2 Å². The summed E-state index contributed by atoms with van der Waals surface area (Å²) in [5.74, 6) is 1.61. The normalized spacial score (nSPS) is 16.7. The molecule has 2 heterocycles. The summed E-state index contributed by atoms with van der Waals surface area (Å²) in [6.07, 6.45) is 7.30. The second kappa shape index (κ2) is 8.77. The van der Waals surface area contributed by atoms with Gasteiger partial charge in [0.1, 0.15) is 5.75 Å². The molecular formula is C21H29N5O3S. The van der Waals surface area contributed by atoms with E-state index in [1.54, 1.807) is 11.5 Å². The number of rotatable bonds is 8. The highest BCUT2D eigenvalue weighted by Crippen LogP contribution is 2.27. The number of aromatic nitrogens is 4. The van der Waals surface area contributed by atoms with Crippen LogP contribution in [0.1, 0.15) is 57.8 Å². The Hall–Kier alpha value is -2.39. The molecule has 1 aliphatic carbocycles. The van der Waals surface area contributed by atoms with Gasteiger partial charge >= 0.3 is 6.01 Å². The fourth-order valence-corrected chi connectivity index (χ4v) is 5.92. The van der Waals surface area contributed by atoms with Gasteiger partial charge in [0.2, 0.25) is 10.0 Å². The van der Waals surface area contributed by atoms with Gasteiger partial charge in [-0.1, -0.05) is 24.4 Å². The first-order chi connectivity index (χ1) is 14.4. The topological polar surface area (TPSA) is 102 Å². The molecule has 1 saturated carbocycles. The Bertz CT molecular complexity index is 1100. The highest BCUT2D eigenvalue weighted by atomic mass is 32.2. The molecule has 0 bridgehead atoms. The quantitative estimate of drug-likeness (QED) is 0.558. The summed E-state index contributed by atoms with van der Waals surface area (Å²) < 4.78 is 35.9. The van der Waals surface area contributed by atoms with E-state index < -0.39 is 16.1 Å². The van der Waals surface area contributed by atoms with Gasteiger partial charge in [-0.3, -0.25) is 4.57 Å². The predicted octanol–water partition coefficient (Wildman–Crippen LogP) is 4.13. The van der Waals surface area contributed by atoms with Gasteiger partial charge in [-0.05, 0) is 56.2 Å². The fraction of sp³-hybridized carbons (Fsp3) is 0.524. The molecule has 4 rings (SSSR count). The van der Waals surface area contributed by atoms with Crippen molar-refractivity contribution in [1.29, 1.82) is 0 Å². The highest BCUT2D eigenvalue weighted by molar-refractivity contribution is 7.89. The fourth-order valence-electron chi connectivity index (χ4n) is 4.22. The number of H-pyrrole nitrogens is 1. The Balaban J connectivity index is 1.47. The highest BCUT2D eigenvalue weighted by Gasteiger charge is 2.26. The molecule has 1 aromatic carbocycles. The lowest BCUT2D eigenvalue weighted by molar-refractivity contribution is 0.382. The van der Waals surface area contributed by atoms with Crippen LogP contribution in [0.15, 0.2) is 30.5 Å². The van der Waals surface area contributed by atoms with Crippen molar-refractivity contribution in [2.24, 2.45) is 5.92 Å². The maximum Gasteiger partial charge on any atom is 0.322 e. The Labute approximate surface area is 177 Å². The van der Waals surface area contributed by atoms with Crippen LogP contribution in [-0.4, -0.2) is 33.9 Å². The van der Waals surface area contributed by atoms with Crippen molar-refractivity contribution >= 4 is 20.9 Å². The van der Waals surface area contributed by atoms with Gasteiger partial charge in [-0.2, -0.15) is 0 Å². The zero-order chi connectivity index (χ0) is 21.1. The molecule has 0 unspecified atom stereocenters. The van der Waals surface area contributed by atoms with Gasteiger partial charge in [0.05, 0.1) is 11.8 Å². The Morgan fingerprint density at radius 2 is 2.03 bits per heavy atom. The molecular weight excluding hydrogens is 402 g/mol. The van der Waals surface area contributed by atoms with Crippen LogP contribution in [0, 0.1) is 5.92 Å². The van der Waals surface area contributed by atoms with E-state index in [4.69, 9.17) is 4.74 Å². The largest absolute Gasteiger partial charge is 0.424 e. The average molecular weight is 432 g/mol. The Morgan fingerprint density at radius 3 is 2.80 bits per heavy atom. The minimum atomic E-state index is -3.40. The van der Waals surface area contributed by atoms with Crippen molar-refractivity contribution in [2.75, 3.05) is 5.75 Å². The third-order valence-corrected chi connectivity index (χ3v) is 7.34. The molecule has 0 saturated heterocycles. The number of sulfonamides is 1. The van der Waals surface area contributed by atoms with E-state index >= 15 is 0 Å². The van der Waals surface area contributed by atoms with Crippen molar-refractivity contribution in [3.63, 3.8) is 0 Å².